The van der Waals surface area contributed by atoms with Gasteiger partial charge in [-0.05, 0) is 37.3 Å². The highest BCUT2D eigenvalue weighted by Crippen LogP contribution is 2.34. The quantitative estimate of drug-likeness (QED) is 0.814. The average molecular weight is 302 g/mol. The minimum atomic E-state index is -0.0314. The molecule has 3 heteroatoms. The van der Waals surface area contributed by atoms with E-state index in [1.807, 2.05) is 11.3 Å². The summed E-state index contributed by atoms with van der Waals surface area (Å²) in [5, 5.41) is 1.22. The Balaban J connectivity index is 1.70. The Morgan fingerprint density at radius 2 is 2.14 bits per heavy atom. The van der Waals surface area contributed by atoms with Gasteiger partial charge in [-0.2, -0.15) is 0 Å². The summed E-state index contributed by atoms with van der Waals surface area (Å²) < 4.78 is 1.29. The topological polar surface area (TPSA) is 38.9 Å². The zero-order valence-corrected chi connectivity index (χ0v) is 13.8. The number of benzene rings is 1. The number of thiazole rings is 1. The smallest absolute Gasteiger partial charge is 0.0956 e. The predicted molar refractivity (Wildman–Crippen MR) is 91.7 cm³/mol. The van der Waals surface area contributed by atoms with Crippen LogP contribution in [-0.4, -0.2) is 10.5 Å². The fourth-order valence-corrected chi connectivity index (χ4v) is 4.80. The summed E-state index contributed by atoms with van der Waals surface area (Å²) in [5.74, 6) is 0.899. The second kappa shape index (κ2) is 6.45. The summed E-state index contributed by atoms with van der Waals surface area (Å²) in [6.07, 6.45) is 9.90. The second-order valence-corrected chi connectivity index (χ2v) is 7.82. The number of rotatable bonds is 4. The zero-order valence-electron chi connectivity index (χ0n) is 13.0. The first-order valence-electron chi connectivity index (χ1n) is 8.32. The Labute approximate surface area is 131 Å². The van der Waals surface area contributed by atoms with E-state index in [1.165, 1.54) is 41.8 Å². The van der Waals surface area contributed by atoms with Crippen LogP contribution in [0.4, 0.5) is 0 Å². The van der Waals surface area contributed by atoms with Gasteiger partial charge in [0.1, 0.15) is 0 Å². The molecule has 2 atom stereocenters. The number of aromatic nitrogens is 1. The van der Waals surface area contributed by atoms with Crippen LogP contribution < -0.4 is 5.73 Å². The molecule has 2 N–H and O–H groups in total. The monoisotopic (exact) mass is 302 g/mol. The van der Waals surface area contributed by atoms with Gasteiger partial charge in [-0.15, -0.1) is 11.3 Å². The first-order valence-corrected chi connectivity index (χ1v) is 9.13. The van der Waals surface area contributed by atoms with Gasteiger partial charge in [0.2, 0.25) is 0 Å². The van der Waals surface area contributed by atoms with Crippen LogP contribution in [0.2, 0.25) is 0 Å². The number of nitrogens with two attached hydrogens (primary N) is 1. The summed E-state index contributed by atoms with van der Waals surface area (Å²) in [4.78, 5) is 4.78. The van der Waals surface area contributed by atoms with Crippen molar-refractivity contribution in [3.63, 3.8) is 0 Å². The molecular formula is C18H26N2S. The van der Waals surface area contributed by atoms with Crippen LogP contribution in [0.25, 0.3) is 10.2 Å². The lowest BCUT2D eigenvalue weighted by molar-refractivity contribution is 0.355. The molecule has 1 aromatic carbocycles. The van der Waals surface area contributed by atoms with E-state index in [9.17, 15) is 0 Å². The molecule has 1 aromatic heterocycles. The first-order chi connectivity index (χ1) is 10.2. The molecule has 21 heavy (non-hydrogen) atoms. The van der Waals surface area contributed by atoms with E-state index >= 15 is 0 Å². The summed E-state index contributed by atoms with van der Waals surface area (Å²) >= 11 is 1.82. The lowest BCUT2D eigenvalue weighted by atomic mass is 9.87. The molecule has 3 rings (SSSR count). The van der Waals surface area contributed by atoms with Crippen LogP contribution in [0.1, 0.15) is 56.9 Å². The lowest BCUT2D eigenvalue weighted by Gasteiger charge is -2.27. The molecule has 0 saturated heterocycles. The van der Waals surface area contributed by atoms with E-state index in [4.69, 9.17) is 10.7 Å². The normalized spacial score (nSPS) is 26.9. The van der Waals surface area contributed by atoms with Crippen molar-refractivity contribution >= 4 is 21.6 Å². The Morgan fingerprint density at radius 1 is 1.29 bits per heavy atom. The lowest BCUT2D eigenvalue weighted by Crippen LogP contribution is -2.41. The average Bonchev–Trinajstić information content (AvgIpc) is 2.77. The third kappa shape index (κ3) is 3.64. The molecule has 0 bridgehead atoms. The van der Waals surface area contributed by atoms with E-state index in [0.29, 0.717) is 0 Å². The van der Waals surface area contributed by atoms with Crippen LogP contribution in [-0.2, 0) is 6.42 Å². The van der Waals surface area contributed by atoms with Crippen molar-refractivity contribution in [1.29, 1.82) is 0 Å². The van der Waals surface area contributed by atoms with Crippen molar-refractivity contribution in [2.45, 2.75) is 63.8 Å². The van der Waals surface area contributed by atoms with E-state index in [-0.39, 0.29) is 5.54 Å². The maximum absolute atomic E-state index is 6.74. The summed E-state index contributed by atoms with van der Waals surface area (Å²) in [5.41, 5.74) is 7.83. The third-order valence-electron chi connectivity index (χ3n) is 4.88. The SMILES string of the molecule is CCCC1CCCC(N)(Cc2nc3ccccc3s2)CC1. The Kier molecular flexibility index (Phi) is 4.60. The van der Waals surface area contributed by atoms with Gasteiger partial charge >= 0.3 is 0 Å². The molecular weight excluding hydrogens is 276 g/mol. The second-order valence-electron chi connectivity index (χ2n) is 6.70. The maximum atomic E-state index is 6.74. The molecule has 1 fully saturated rings. The molecule has 2 nitrogen and oxygen atoms in total. The van der Waals surface area contributed by atoms with Gasteiger partial charge < -0.3 is 5.73 Å². The van der Waals surface area contributed by atoms with Gasteiger partial charge in [-0.3, -0.25) is 0 Å². The molecule has 1 aliphatic carbocycles. The fraction of sp³-hybridized carbons (Fsp3) is 0.611. The molecule has 2 aromatic rings. The molecule has 0 amide bonds. The van der Waals surface area contributed by atoms with Crippen molar-refractivity contribution in [2.75, 3.05) is 0 Å². The third-order valence-corrected chi connectivity index (χ3v) is 5.91. The number of fused-ring (bicyclic) bond motifs is 1. The number of nitrogens with zero attached hydrogens (tertiary/aromatic N) is 1. The maximum Gasteiger partial charge on any atom is 0.0956 e. The van der Waals surface area contributed by atoms with E-state index in [0.717, 1.165) is 30.7 Å². The summed E-state index contributed by atoms with van der Waals surface area (Å²) in [6, 6.07) is 8.40. The molecule has 0 radical (unpaired) electrons. The molecule has 0 spiro atoms. The van der Waals surface area contributed by atoms with Crippen LogP contribution >= 0.6 is 11.3 Å². The van der Waals surface area contributed by atoms with Gasteiger partial charge in [0, 0.05) is 12.0 Å². The summed E-state index contributed by atoms with van der Waals surface area (Å²) in [6.45, 7) is 2.29. The Bertz CT molecular complexity index is 559. The van der Waals surface area contributed by atoms with E-state index < -0.39 is 0 Å². The first kappa shape index (κ1) is 15.0. The van der Waals surface area contributed by atoms with E-state index in [2.05, 4.69) is 31.2 Å². The van der Waals surface area contributed by atoms with E-state index in [1.54, 1.807) is 0 Å². The van der Waals surface area contributed by atoms with Crippen molar-refractivity contribution < 1.29 is 0 Å². The molecule has 0 aliphatic heterocycles. The molecule has 2 unspecified atom stereocenters. The van der Waals surface area contributed by atoms with Crippen LogP contribution in [0.15, 0.2) is 24.3 Å². The van der Waals surface area contributed by atoms with Crippen molar-refractivity contribution in [3.8, 4) is 0 Å². The molecule has 1 saturated carbocycles. The van der Waals surface area contributed by atoms with Gasteiger partial charge in [-0.1, -0.05) is 44.7 Å². The van der Waals surface area contributed by atoms with Crippen molar-refractivity contribution in [2.24, 2.45) is 11.7 Å². The minimum absolute atomic E-state index is 0.0314. The predicted octanol–water partition coefficient (Wildman–Crippen LogP) is 4.92. The minimum Gasteiger partial charge on any atom is -0.325 e. The standard InChI is InChI=1S/C18H26N2S/c1-2-6-14-7-5-11-18(19,12-10-14)13-17-20-15-8-3-4-9-16(15)21-17/h3-4,8-9,14H,2,5-7,10-13,19H2,1H3. The van der Waals surface area contributed by atoms with Crippen LogP contribution in [0.3, 0.4) is 0 Å². The molecule has 114 valence electrons. The van der Waals surface area contributed by atoms with Gasteiger partial charge in [-0.25, -0.2) is 4.98 Å². The zero-order chi connectivity index (χ0) is 14.7. The van der Waals surface area contributed by atoms with Crippen molar-refractivity contribution in [3.05, 3.63) is 29.3 Å². The van der Waals surface area contributed by atoms with Crippen LogP contribution in [0.5, 0.6) is 0 Å². The molecule has 1 heterocycles. The van der Waals surface area contributed by atoms with Gasteiger partial charge in [0.15, 0.2) is 0 Å². The summed E-state index contributed by atoms with van der Waals surface area (Å²) in [7, 11) is 0. The molecule has 1 aliphatic rings. The number of para-hydroxylation sites is 1. The Morgan fingerprint density at radius 3 is 2.95 bits per heavy atom. The number of hydrogen-bond acceptors (Lipinski definition) is 3. The number of hydrogen-bond donors (Lipinski definition) is 1. The Hall–Kier alpha value is -0.930. The van der Waals surface area contributed by atoms with Gasteiger partial charge in [0.05, 0.1) is 15.2 Å². The highest BCUT2D eigenvalue weighted by Gasteiger charge is 2.30. The fourth-order valence-electron chi connectivity index (χ4n) is 3.67. The largest absolute Gasteiger partial charge is 0.325 e. The van der Waals surface area contributed by atoms with Crippen LogP contribution in [0, 0.1) is 5.92 Å². The van der Waals surface area contributed by atoms with Crippen molar-refractivity contribution in [1.82, 2.24) is 4.98 Å². The highest BCUT2D eigenvalue weighted by atomic mass is 32.1. The van der Waals surface area contributed by atoms with Gasteiger partial charge in [0.25, 0.3) is 0 Å². The highest BCUT2D eigenvalue weighted by molar-refractivity contribution is 7.18.